The highest BCUT2D eigenvalue weighted by atomic mass is 32.1. The Morgan fingerprint density at radius 3 is 1.76 bits per heavy atom. The van der Waals surface area contributed by atoms with Gasteiger partial charge in [0.05, 0.1) is 6.26 Å². The van der Waals surface area contributed by atoms with Crippen LogP contribution in [0, 0.1) is 0 Å². The summed E-state index contributed by atoms with van der Waals surface area (Å²) >= 11 is 1.83. The van der Waals surface area contributed by atoms with Crippen LogP contribution in [0.3, 0.4) is 0 Å². The van der Waals surface area contributed by atoms with Crippen LogP contribution < -0.4 is 0 Å². The molecule has 0 aliphatic rings. The first kappa shape index (κ1) is 18.3. The zero-order chi connectivity index (χ0) is 22.2. The first-order chi connectivity index (χ1) is 16.9. The predicted octanol–water partition coefficient (Wildman–Crippen LogP) is 9.93. The molecule has 0 unspecified atom stereocenters. The molecule has 2 aromatic heterocycles. The third-order valence-corrected chi connectivity index (χ3v) is 8.15. The quantitative estimate of drug-likeness (QED) is 0.227. The summed E-state index contributed by atoms with van der Waals surface area (Å²) in [6.07, 6.45) is 1.80. The van der Waals surface area contributed by atoms with Gasteiger partial charge in [-0.25, -0.2) is 0 Å². The topological polar surface area (TPSA) is 13.1 Å². The van der Waals surface area contributed by atoms with Gasteiger partial charge >= 0.3 is 0 Å². The van der Waals surface area contributed by atoms with Gasteiger partial charge < -0.3 is 4.42 Å². The molecule has 0 radical (unpaired) electrons. The third kappa shape index (κ3) is 2.38. The van der Waals surface area contributed by atoms with Gasteiger partial charge in [0.15, 0.2) is 0 Å². The Morgan fingerprint density at radius 1 is 0.441 bits per heavy atom. The van der Waals surface area contributed by atoms with Gasteiger partial charge in [-0.1, -0.05) is 72.8 Å². The molecule has 8 rings (SSSR count). The Morgan fingerprint density at radius 2 is 1.00 bits per heavy atom. The number of fused-ring (bicyclic) bond motifs is 12. The van der Waals surface area contributed by atoms with Crippen molar-refractivity contribution >= 4 is 75.5 Å². The van der Waals surface area contributed by atoms with E-state index in [4.69, 9.17) is 4.42 Å². The molecule has 0 aliphatic heterocycles. The van der Waals surface area contributed by atoms with Gasteiger partial charge in [0.1, 0.15) is 5.58 Å². The van der Waals surface area contributed by atoms with Crippen LogP contribution in [-0.4, -0.2) is 0 Å². The van der Waals surface area contributed by atoms with E-state index >= 15 is 0 Å². The fraction of sp³-hybridized carbons (Fsp3) is 0. The number of benzene rings is 6. The highest BCUT2D eigenvalue weighted by Gasteiger charge is 2.14. The van der Waals surface area contributed by atoms with Crippen LogP contribution in [0.15, 0.2) is 113 Å². The van der Waals surface area contributed by atoms with Crippen molar-refractivity contribution in [3.63, 3.8) is 0 Å². The average Bonchev–Trinajstić information content (AvgIpc) is 3.59. The van der Waals surface area contributed by atoms with E-state index in [0.29, 0.717) is 0 Å². The van der Waals surface area contributed by atoms with Crippen molar-refractivity contribution in [1.82, 2.24) is 0 Å². The molecular formula is C32H18OS. The molecule has 34 heavy (non-hydrogen) atoms. The molecule has 0 saturated heterocycles. The predicted molar refractivity (Wildman–Crippen MR) is 147 cm³/mol. The zero-order valence-electron chi connectivity index (χ0n) is 18.2. The average molecular weight is 451 g/mol. The molecule has 0 spiro atoms. The monoisotopic (exact) mass is 450 g/mol. The molecule has 0 fully saturated rings. The number of thiophene rings is 1. The molecule has 8 aromatic rings. The Kier molecular flexibility index (Phi) is 3.60. The molecule has 0 amide bonds. The number of hydrogen-bond acceptors (Lipinski definition) is 2. The fourth-order valence-electron chi connectivity index (χ4n) is 5.66. The second-order valence-electron chi connectivity index (χ2n) is 8.94. The molecule has 1 nitrogen and oxygen atoms in total. The Hall–Kier alpha value is -4.14. The Labute approximate surface area is 199 Å². The Balaban J connectivity index is 1.44. The molecule has 0 N–H and O–H groups in total. The molecule has 158 valence electrons. The first-order valence-electron chi connectivity index (χ1n) is 11.5. The molecule has 0 saturated carbocycles. The van der Waals surface area contributed by atoms with Crippen LogP contribution in [0.1, 0.15) is 0 Å². The fourth-order valence-corrected chi connectivity index (χ4v) is 6.61. The van der Waals surface area contributed by atoms with Gasteiger partial charge in [0, 0.05) is 26.2 Å². The minimum absolute atomic E-state index is 0.961. The molecule has 6 aromatic carbocycles. The maximum atomic E-state index is 6.00. The van der Waals surface area contributed by atoms with E-state index in [1.54, 1.807) is 6.26 Å². The number of furan rings is 1. The van der Waals surface area contributed by atoms with Crippen molar-refractivity contribution in [2.24, 2.45) is 0 Å². The van der Waals surface area contributed by atoms with Crippen molar-refractivity contribution in [1.29, 1.82) is 0 Å². The molecule has 0 atom stereocenters. The highest BCUT2D eigenvalue weighted by molar-refractivity contribution is 7.18. The van der Waals surface area contributed by atoms with Crippen LogP contribution in [0.5, 0.6) is 0 Å². The lowest BCUT2D eigenvalue weighted by molar-refractivity contribution is 0.619. The second kappa shape index (κ2) is 6.69. The smallest absolute Gasteiger partial charge is 0.142 e. The minimum Gasteiger partial charge on any atom is -0.464 e. The van der Waals surface area contributed by atoms with Crippen molar-refractivity contribution in [2.45, 2.75) is 0 Å². The lowest BCUT2D eigenvalue weighted by atomic mass is 9.93. The van der Waals surface area contributed by atoms with Crippen molar-refractivity contribution < 1.29 is 4.42 Å². The lowest BCUT2D eigenvalue weighted by Crippen LogP contribution is -1.85. The van der Waals surface area contributed by atoms with Crippen molar-refractivity contribution in [2.75, 3.05) is 0 Å². The van der Waals surface area contributed by atoms with Crippen molar-refractivity contribution in [3.8, 4) is 11.1 Å². The van der Waals surface area contributed by atoms with E-state index in [-0.39, 0.29) is 0 Å². The van der Waals surface area contributed by atoms with Gasteiger partial charge in [-0.05, 0) is 73.1 Å². The molecular weight excluding hydrogens is 432 g/mol. The number of rotatable bonds is 1. The first-order valence-corrected chi connectivity index (χ1v) is 12.4. The highest BCUT2D eigenvalue weighted by Crippen LogP contribution is 2.41. The second-order valence-corrected chi connectivity index (χ2v) is 9.85. The Bertz CT molecular complexity index is 1920. The summed E-state index contributed by atoms with van der Waals surface area (Å²) in [5.74, 6) is 0. The minimum atomic E-state index is 0.961. The summed E-state index contributed by atoms with van der Waals surface area (Å²) in [6.45, 7) is 0. The maximum Gasteiger partial charge on any atom is 0.142 e. The van der Waals surface area contributed by atoms with E-state index in [9.17, 15) is 0 Å². The lowest BCUT2D eigenvalue weighted by Gasteiger charge is -2.11. The third-order valence-electron chi connectivity index (χ3n) is 7.21. The summed E-state index contributed by atoms with van der Waals surface area (Å²) in [6, 6.07) is 35.4. The normalized spacial score (nSPS) is 12.1. The van der Waals surface area contributed by atoms with Crippen LogP contribution >= 0.6 is 11.3 Å². The van der Waals surface area contributed by atoms with E-state index in [0.717, 1.165) is 11.0 Å². The van der Waals surface area contributed by atoms with E-state index in [1.807, 2.05) is 11.3 Å². The van der Waals surface area contributed by atoms with Crippen LogP contribution in [0.2, 0.25) is 0 Å². The SMILES string of the molecule is c1ccc2c(c1)c1ccc(-c3ccc4c5ccccc5c5sccc5c4c3)cc1c1occc21. The van der Waals surface area contributed by atoms with Gasteiger partial charge in [-0.15, -0.1) is 11.3 Å². The van der Waals surface area contributed by atoms with E-state index < -0.39 is 0 Å². The van der Waals surface area contributed by atoms with Crippen molar-refractivity contribution in [3.05, 3.63) is 109 Å². The number of hydrogen-bond donors (Lipinski definition) is 0. The van der Waals surface area contributed by atoms with E-state index in [1.165, 1.54) is 64.3 Å². The largest absolute Gasteiger partial charge is 0.464 e. The standard InChI is InChI=1S/C32H18OS/c1-2-6-22-21(5-1)25-12-10-20(18-30(25)31-26(22)13-15-33-31)19-9-11-24-23-7-3-4-8-27(23)32-28(14-16-34-32)29(24)17-19/h1-18H. The van der Waals surface area contributed by atoms with Gasteiger partial charge in [0.2, 0.25) is 0 Å². The summed E-state index contributed by atoms with van der Waals surface area (Å²) in [4.78, 5) is 0. The van der Waals surface area contributed by atoms with Gasteiger partial charge in [-0.2, -0.15) is 0 Å². The van der Waals surface area contributed by atoms with E-state index in [2.05, 4.69) is 102 Å². The summed E-state index contributed by atoms with van der Waals surface area (Å²) in [5, 5.41) is 14.9. The van der Waals surface area contributed by atoms with Gasteiger partial charge in [-0.3, -0.25) is 0 Å². The van der Waals surface area contributed by atoms with Crippen LogP contribution in [-0.2, 0) is 0 Å². The molecule has 2 heterocycles. The summed E-state index contributed by atoms with van der Waals surface area (Å²) in [5.41, 5.74) is 3.39. The molecule has 0 bridgehead atoms. The summed E-state index contributed by atoms with van der Waals surface area (Å²) < 4.78 is 7.36. The zero-order valence-corrected chi connectivity index (χ0v) is 19.0. The van der Waals surface area contributed by atoms with Crippen LogP contribution in [0.4, 0.5) is 0 Å². The van der Waals surface area contributed by atoms with Crippen LogP contribution in [0.25, 0.3) is 75.3 Å². The maximum absolute atomic E-state index is 6.00. The van der Waals surface area contributed by atoms with Gasteiger partial charge in [0.25, 0.3) is 0 Å². The molecule has 2 heteroatoms. The summed E-state index contributed by atoms with van der Waals surface area (Å²) in [7, 11) is 0. The molecule has 0 aliphatic carbocycles.